The maximum absolute atomic E-state index is 4.25. The van der Waals surface area contributed by atoms with Crippen LogP contribution in [-0.4, -0.2) is 45.6 Å². The van der Waals surface area contributed by atoms with E-state index in [-0.39, 0.29) is 0 Å². The highest BCUT2D eigenvalue weighted by Crippen LogP contribution is 2.26. The summed E-state index contributed by atoms with van der Waals surface area (Å²) in [5.41, 5.74) is 1.04. The van der Waals surface area contributed by atoms with Gasteiger partial charge in [0, 0.05) is 25.3 Å². The summed E-state index contributed by atoms with van der Waals surface area (Å²) in [5, 5.41) is 11.9. The van der Waals surface area contributed by atoms with Crippen LogP contribution in [0.4, 0.5) is 0 Å². The number of aromatic nitrogens is 3. The third kappa shape index (κ3) is 6.14. The molecule has 5 nitrogen and oxygen atoms in total. The van der Waals surface area contributed by atoms with Crippen molar-refractivity contribution in [3.05, 3.63) is 11.9 Å². The van der Waals surface area contributed by atoms with Crippen LogP contribution in [0.1, 0.15) is 52.1 Å². The number of unbranched alkanes of at least 4 members (excludes halogenated alkanes) is 1. The van der Waals surface area contributed by atoms with Gasteiger partial charge in [-0.05, 0) is 38.3 Å². The van der Waals surface area contributed by atoms with E-state index in [4.69, 9.17) is 0 Å². The summed E-state index contributed by atoms with van der Waals surface area (Å²) in [5.74, 6) is 0.672. The van der Waals surface area contributed by atoms with E-state index >= 15 is 0 Å². The quantitative estimate of drug-likeness (QED) is 0.680. The lowest BCUT2D eigenvalue weighted by molar-refractivity contribution is 0.244. The first kappa shape index (κ1) is 16.4. The van der Waals surface area contributed by atoms with Crippen LogP contribution in [0.3, 0.4) is 0 Å². The van der Waals surface area contributed by atoms with E-state index in [1.165, 1.54) is 32.2 Å². The van der Waals surface area contributed by atoms with Crippen molar-refractivity contribution in [1.82, 2.24) is 25.2 Å². The predicted octanol–water partition coefficient (Wildman–Crippen LogP) is 2.29. The van der Waals surface area contributed by atoms with Gasteiger partial charge in [-0.15, -0.1) is 5.10 Å². The first-order valence-electron chi connectivity index (χ1n) is 8.52. The molecule has 0 radical (unpaired) electrons. The van der Waals surface area contributed by atoms with Crippen molar-refractivity contribution >= 4 is 0 Å². The monoisotopic (exact) mass is 293 g/mol. The maximum atomic E-state index is 4.25. The Kier molecular flexibility index (Phi) is 6.64. The van der Waals surface area contributed by atoms with Gasteiger partial charge in [0.05, 0.1) is 12.2 Å². The number of nitrogens with one attached hydrogen (secondary N) is 1. The van der Waals surface area contributed by atoms with E-state index in [2.05, 4.69) is 47.5 Å². The average molecular weight is 293 g/mol. The SMILES string of the molecule is CCCCN(CCn1cc(CNCC(C)C)nn1)C1CC1. The Bertz CT molecular complexity index is 397. The zero-order valence-electron chi connectivity index (χ0n) is 13.9. The smallest absolute Gasteiger partial charge is 0.0964 e. The molecule has 5 heteroatoms. The van der Waals surface area contributed by atoms with Crippen LogP contribution in [0, 0.1) is 5.92 Å². The third-order valence-corrected chi connectivity index (χ3v) is 3.92. The molecule has 0 spiro atoms. The van der Waals surface area contributed by atoms with Gasteiger partial charge in [-0.3, -0.25) is 9.58 Å². The van der Waals surface area contributed by atoms with Crippen LogP contribution < -0.4 is 5.32 Å². The second-order valence-corrected chi connectivity index (χ2v) is 6.62. The minimum Gasteiger partial charge on any atom is -0.311 e. The predicted molar refractivity (Wildman–Crippen MR) is 86.1 cm³/mol. The largest absolute Gasteiger partial charge is 0.311 e. The Balaban J connectivity index is 1.71. The van der Waals surface area contributed by atoms with Gasteiger partial charge in [0.2, 0.25) is 0 Å². The van der Waals surface area contributed by atoms with Crippen molar-refractivity contribution in [2.75, 3.05) is 19.6 Å². The fraction of sp³-hybridized carbons (Fsp3) is 0.875. The van der Waals surface area contributed by atoms with Gasteiger partial charge in [0.15, 0.2) is 0 Å². The van der Waals surface area contributed by atoms with Crippen molar-refractivity contribution < 1.29 is 0 Å². The maximum Gasteiger partial charge on any atom is 0.0964 e. The molecule has 1 aromatic rings. The molecule has 0 bridgehead atoms. The average Bonchev–Trinajstić information content (AvgIpc) is 3.19. The summed E-state index contributed by atoms with van der Waals surface area (Å²) < 4.78 is 1.99. The molecule has 2 rings (SSSR count). The van der Waals surface area contributed by atoms with E-state index in [1.54, 1.807) is 0 Å². The van der Waals surface area contributed by atoms with Gasteiger partial charge in [0.25, 0.3) is 0 Å². The van der Waals surface area contributed by atoms with E-state index in [1.807, 2.05) is 4.68 Å². The van der Waals surface area contributed by atoms with Crippen LogP contribution in [0.2, 0.25) is 0 Å². The molecule has 21 heavy (non-hydrogen) atoms. The third-order valence-electron chi connectivity index (χ3n) is 3.92. The van der Waals surface area contributed by atoms with Gasteiger partial charge in [-0.25, -0.2) is 0 Å². The molecule has 0 amide bonds. The Labute approximate surface area is 129 Å². The van der Waals surface area contributed by atoms with Crippen LogP contribution in [-0.2, 0) is 13.1 Å². The van der Waals surface area contributed by atoms with Crippen molar-refractivity contribution in [3.8, 4) is 0 Å². The normalized spacial score (nSPS) is 15.3. The molecular formula is C16H31N5. The fourth-order valence-electron chi connectivity index (χ4n) is 2.53. The lowest BCUT2D eigenvalue weighted by Crippen LogP contribution is -2.30. The lowest BCUT2D eigenvalue weighted by Gasteiger charge is -2.21. The molecule has 1 aromatic heterocycles. The molecule has 1 saturated carbocycles. The molecule has 0 saturated heterocycles. The molecule has 1 aliphatic rings. The summed E-state index contributed by atoms with van der Waals surface area (Å²) >= 11 is 0. The lowest BCUT2D eigenvalue weighted by atomic mass is 10.2. The highest BCUT2D eigenvalue weighted by molar-refractivity contribution is 4.92. The van der Waals surface area contributed by atoms with Gasteiger partial charge >= 0.3 is 0 Å². The van der Waals surface area contributed by atoms with E-state index in [0.29, 0.717) is 5.92 Å². The molecule has 1 heterocycles. The van der Waals surface area contributed by atoms with Gasteiger partial charge in [0.1, 0.15) is 0 Å². The Hall–Kier alpha value is -0.940. The zero-order valence-corrected chi connectivity index (χ0v) is 13.9. The molecule has 0 aliphatic heterocycles. The Morgan fingerprint density at radius 3 is 2.86 bits per heavy atom. The minimum atomic E-state index is 0.672. The van der Waals surface area contributed by atoms with E-state index in [9.17, 15) is 0 Å². The van der Waals surface area contributed by atoms with E-state index < -0.39 is 0 Å². The molecular weight excluding hydrogens is 262 g/mol. The fourth-order valence-corrected chi connectivity index (χ4v) is 2.53. The molecule has 0 unspecified atom stereocenters. The summed E-state index contributed by atoms with van der Waals surface area (Å²) in [6.45, 7) is 11.8. The number of hydrogen-bond acceptors (Lipinski definition) is 4. The van der Waals surface area contributed by atoms with Crippen LogP contribution >= 0.6 is 0 Å². The standard InChI is InChI=1S/C16H31N5/c1-4-5-8-20(16-6-7-16)9-10-21-13-15(18-19-21)12-17-11-14(2)3/h13-14,16-17H,4-12H2,1-3H3. The van der Waals surface area contributed by atoms with Gasteiger partial charge in [-0.1, -0.05) is 32.4 Å². The highest BCUT2D eigenvalue weighted by Gasteiger charge is 2.28. The highest BCUT2D eigenvalue weighted by atomic mass is 15.4. The van der Waals surface area contributed by atoms with Gasteiger partial charge < -0.3 is 5.32 Å². The number of rotatable bonds is 11. The molecule has 1 N–H and O–H groups in total. The second kappa shape index (κ2) is 8.49. The molecule has 0 atom stereocenters. The first-order valence-corrected chi connectivity index (χ1v) is 8.52. The van der Waals surface area contributed by atoms with Gasteiger partial charge in [-0.2, -0.15) is 0 Å². The zero-order chi connectivity index (χ0) is 15.1. The summed E-state index contributed by atoms with van der Waals surface area (Å²) in [6.07, 6.45) is 7.42. The molecule has 120 valence electrons. The van der Waals surface area contributed by atoms with Crippen molar-refractivity contribution in [2.45, 2.75) is 65.6 Å². The minimum absolute atomic E-state index is 0.672. The van der Waals surface area contributed by atoms with Crippen molar-refractivity contribution in [1.29, 1.82) is 0 Å². The Morgan fingerprint density at radius 1 is 1.38 bits per heavy atom. The second-order valence-electron chi connectivity index (χ2n) is 6.62. The first-order chi connectivity index (χ1) is 10.2. The van der Waals surface area contributed by atoms with Crippen molar-refractivity contribution in [3.63, 3.8) is 0 Å². The number of hydrogen-bond donors (Lipinski definition) is 1. The number of nitrogens with zero attached hydrogens (tertiary/aromatic N) is 4. The topological polar surface area (TPSA) is 46.0 Å². The summed E-state index contributed by atoms with van der Waals surface area (Å²) in [6, 6.07) is 0.840. The van der Waals surface area contributed by atoms with Crippen LogP contribution in [0.5, 0.6) is 0 Å². The summed E-state index contributed by atoms with van der Waals surface area (Å²) in [4.78, 5) is 2.63. The molecule has 1 aliphatic carbocycles. The Morgan fingerprint density at radius 2 is 2.19 bits per heavy atom. The van der Waals surface area contributed by atoms with Crippen LogP contribution in [0.15, 0.2) is 6.20 Å². The van der Waals surface area contributed by atoms with E-state index in [0.717, 1.165) is 37.9 Å². The summed E-state index contributed by atoms with van der Waals surface area (Å²) in [7, 11) is 0. The molecule has 0 aromatic carbocycles. The van der Waals surface area contributed by atoms with Crippen molar-refractivity contribution in [2.24, 2.45) is 5.92 Å². The molecule has 1 fully saturated rings. The van der Waals surface area contributed by atoms with Crippen LogP contribution in [0.25, 0.3) is 0 Å².